The van der Waals surface area contributed by atoms with Gasteiger partial charge in [-0.1, -0.05) is 40.2 Å². The third kappa shape index (κ3) is 6.22. The minimum Gasteiger partial charge on any atom is -0.493 e. The maximum atomic E-state index is 13.4. The lowest BCUT2D eigenvalue weighted by Gasteiger charge is -2.14. The van der Waals surface area contributed by atoms with E-state index >= 15 is 0 Å². The van der Waals surface area contributed by atoms with Crippen molar-refractivity contribution in [3.63, 3.8) is 0 Å². The van der Waals surface area contributed by atoms with Crippen molar-refractivity contribution in [3.8, 4) is 17.6 Å². The summed E-state index contributed by atoms with van der Waals surface area (Å²) in [7, 11) is 1.47. The van der Waals surface area contributed by atoms with E-state index in [-0.39, 0.29) is 17.2 Å². The molecule has 0 aliphatic carbocycles. The molecule has 1 fully saturated rings. The fraction of sp³-hybridized carbons (Fsp3) is 0.111. The highest BCUT2D eigenvalue weighted by molar-refractivity contribution is 9.10. The van der Waals surface area contributed by atoms with E-state index in [1.54, 1.807) is 30.3 Å². The van der Waals surface area contributed by atoms with E-state index in [0.29, 0.717) is 44.4 Å². The molecule has 0 spiro atoms. The Balaban J connectivity index is 1.48. The third-order valence-corrected chi connectivity index (χ3v) is 6.97. The zero-order valence-corrected chi connectivity index (χ0v) is 22.3. The topological polar surface area (TPSA) is 109 Å². The number of nitrogens with one attached hydrogen (secondary N) is 1. The van der Waals surface area contributed by atoms with Crippen molar-refractivity contribution in [1.29, 1.82) is 5.26 Å². The highest BCUT2D eigenvalue weighted by Gasteiger charge is 2.36. The number of amides is 3. The van der Waals surface area contributed by atoms with Gasteiger partial charge in [0.15, 0.2) is 11.5 Å². The standard InChI is InChI=1S/C27H19BrFN3O5S/c1-36-22-9-18(21(28)12-23(22)37-15-17-6-3-2-5-16(17)13-30)10-24-26(34)32(27(35)38-24)14-25(33)31-20-8-4-7-19(29)11-20/h2-12H,14-15H2,1H3,(H,31,33)/b24-10+. The summed E-state index contributed by atoms with van der Waals surface area (Å²) >= 11 is 4.16. The van der Waals surface area contributed by atoms with E-state index in [1.165, 1.54) is 31.4 Å². The summed E-state index contributed by atoms with van der Waals surface area (Å²) < 4.78 is 25.3. The molecule has 0 saturated carbocycles. The molecular weight excluding hydrogens is 577 g/mol. The first-order chi connectivity index (χ1) is 18.3. The van der Waals surface area contributed by atoms with Gasteiger partial charge in [0.1, 0.15) is 19.0 Å². The number of methoxy groups -OCH3 is 1. The van der Waals surface area contributed by atoms with Crippen LogP contribution in [0.1, 0.15) is 16.7 Å². The van der Waals surface area contributed by atoms with E-state index < -0.39 is 29.4 Å². The Hall–Kier alpha value is -4.14. The van der Waals surface area contributed by atoms with Crippen molar-refractivity contribution in [2.75, 3.05) is 19.0 Å². The van der Waals surface area contributed by atoms with Crippen LogP contribution in [0.5, 0.6) is 11.5 Å². The summed E-state index contributed by atoms with van der Waals surface area (Å²) in [6.07, 6.45) is 1.51. The quantitative estimate of drug-likeness (QED) is 0.331. The molecule has 1 saturated heterocycles. The summed E-state index contributed by atoms with van der Waals surface area (Å²) in [5, 5.41) is 11.1. The SMILES string of the molecule is COc1cc(/C=C2/SC(=O)N(CC(=O)Nc3cccc(F)c3)C2=O)c(Br)cc1OCc1ccccc1C#N. The van der Waals surface area contributed by atoms with Gasteiger partial charge in [0, 0.05) is 15.7 Å². The molecule has 1 aliphatic rings. The van der Waals surface area contributed by atoms with Crippen LogP contribution >= 0.6 is 27.7 Å². The minimum absolute atomic E-state index is 0.118. The molecule has 8 nitrogen and oxygen atoms in total. The van der Waals surface area contributed by atoms with Crippen LogP contribution in [0.3, 0.4) is 0 Å². The lowest BCUT2D eigenvalue weighted by atomic mass is 10.1. The highest BCUT2D eigenvalue weighted by atomic mass is 79.9. The molecule has 1 aliphatic heterocycles. The van der Waals surface area contributed by atoms with Gasteiger partial charge in [0.25, 0.3) is 11.1 Å². The first-order valence-corrected chi connectivity index (χ1v) is 12.7. The number of carbonyl (C=O) groups excluding carboxylic acids is 3. The van der Waals surface area contributed by atoms with Gasteiger partial charge in [0.05, 0.1) is 23.6 Å². The summed E-state index contributed by atoms with van der Waals surface area (Å²) in [6.45, 7) is -0.373. The Morgan fingerprint density at radius 2 is 1.95 bits per heavy atom. The number of halogens is 2. The smallest absolute Gasteiger partial charge is 0.294 e. The van der Waals surface area contributed by atoms with E-state index in [2.05, 4.69) is 27.3 Å². The first-order valence-electron chi connectivity index (χ1n) is 11.1. The lowest BCUT2D eigenvalue weighted by Crippen LogP contribution is -2.36. The molecule has 0 unspecified atom stereocenters. The number of hydrogen-bond acceptors (Lipinski definition) is 7. The maximum Gasteiger partial charge on any atom is 0.294 e. The lowest BCUT2D eigenvalue weighted by molar-refractivity contribution is -0.127. The minimum atomic E-state index is -0.638. The second-order valence-electron chi connectivity index (χ2n) is 7.91. The number of carbonyl (C=O) groups is 3. The van der Waals surface area contributed by atoms with Crippen LogP contribution in [0.2, 0.25) is 0 Å². The predicted molar refractivity (Wildman–Crippen MR) is 144 cm³/mol. The van der Waals surface area contributed by atoms with Crippen LogP contribution in [0.25, 0.3) is 6.08 Å². The van der Waals surface area contributed by atoms with Gasteiger partial charge < -0.3 is 14.8 Å². The molecule has 192 valence electrons. The van der Waals surface area contributed by atoms with Crippen LogP contribution in [-0.2, 0) is 16.2 Å². The summed E-state index contributed by atoms with van der Waals surface area (Å²) in [5.74, 6) is -1.01. The zero-order valence-electron chi connectivity index (χ0n) is 19.9. The van der Waals surface area contributed by atoms with E-state index in [0.717, 1.165) is 11.0 Å². The molecule has 0 bridgehead atoms. The fourth-order valence-electron chi connectivity index (χ4n) is 3.53. The Kier molecular flexibility index (Phi) is 8.45. The average molecular weight is 596 g/mol. The molecule has 3 amide bonds. The summed E-state index contributed by atoms with van der Waals surface area (Å²) in [6, 6.07) is 17.8. The third-order valence-electron chi connectivity index (χ3n) is 5.37. The van der Waals surface area contributed by atoms with Crippen molar-refractivity contribution in [2.24, 2.45) is 0 Å². The Morgan fingerprint density at radius 3 is 2.68 bits per heavy atom. The monoisotopic (exact) mass is 595 g/mol. The summed E-state index contributed by atoms with van der Waals surface area (Å²) in [4.78, 5) is 38.7. The fourth-order valence-corrected chi connectivity index (χ4v) is 4.80. The molecule has 1 heterocycles. The number of benzene rings is 3. The Labute approximate surface area is 230 Å². The van der Waals surface area contributed by atoms with E-state index in [4.69, 9.17) is 9.47 Å². The van der Waals surface area contributed by atoms with Crippen LogP contribution in [0, 0.1) is 17.1 Å². The number of nitrogens with zero attached hydrogens (tertiary/aromatic N) is 2. The first kappa shape index (κ1) is 26.9. The highest BCUT2D eigenvalue weighted by Crippen LogP contribution is 2.38. The van der Waals surface area contributed by atoms with Crippen molar-refractivity contribution in [1.82, 2.24) is 4.90 Å². The number of nitriles is 1. The van der Waals surface area contributed by atoms with Crippen LogP contribution in [-0.4, -0.2) is 35.6 Å². The second-order valence-corrected chi connectivity index (χ2v) is 9.76. The van der Waals surface area contributed by atoms with E-state index in [1.807, 2.05) is 6.07 Å². The van der Waals surface area contributed by atoms with Crippen LogP contribution in [0.4, 0.5) is 14.9 Å². The number of imide groups is 1. The number of ether oxygens (including phenoxy) is 2. The van der Waals surface area contributed by atoms with Crippen molar-refractivity contribution >= 4 is 56.5 Å². The van der Waals surface area contributed by atoms with Crippen molar-refractivity contribution < 1.29 is 28.2 Å². The van der Waals surface area contributed by atoms with Crippen LogP contribution in [0.15, 0.2) is 70.0 Å². The normalized spacial score (nSPS) is 13.9. The molecule has 3 aromatic rings. The molecule has 1 N–H and O–H groups in total. The zero-order chi connectivity index (χ0) is 27.2. The molecule has 11 heteroatoms. The maximum absolute atomic E-state index is 13.4. The number of hydrogen-bond donors (Lipinski definition) is 1. The Bertz CT molecular complexity index is 1500. The van der Waals surface area contributed by atoms with Gasteiger partial charge in [-0.15, -0.1) is 0 Å². The van der Waals surface area contributed by atoms with Gasteiger partial charge in [0.2, 0.25) is 5.91 Å². The van der Waals surface area contributed by atoms with Gasteiger partial charge >= 0.3 is 0 Å². The summed E-state index contributed by atoms with van der Waals surface area (Å²) in [5.41, 5.74) is 1.98. The van der Waals surface area contributed by atoms with Crippen molar-refractivity contribution in [3.05, 3.63) is 92.5 Å². The van der Waals surface area contributed by atoms with Gasteiger partial charge in [-0.25, -0.2) is 4.39 Å². The Morgan fingerprint density at radius 1 is 1.16 bits per heavy atom. The van der Waals surface area contributed by atoms with Crippen LogP contribution < -0.4 is 14.8 Å². The van der Waals surface area contributed by atoms with Gasteiger partial charge in [-0.05, 0) is 59.8 Å². The molecular formula is C27H19BrFN3O5S. The molecule has 4 rings (SSSR count). The van der Waals surface area contributed by atoms with E-state index in [9.17, 15) is 24.0 Å². The molecule has 38 heavy (non-hydrogen) atoms. The largest absolute Gasteiger partial charge is 0.493 e. The average Bonchev–Trinajstić information content (AvgIpc) is 3.16. The molecule has 0 aromatic heterocycles. The number of thioether (sulfide) groups is 1. The predicted octanol–water partition coefficient (Wildman–Crippen LogP) is 5.72. The second kappa shape index (κ2) is 11.9. The molecule has 0 radical (unpaired) electrons. The molecule has 0 atom stereocenters. The number of anilines is 1. The molecule has 3 aromatic carbocycles. The number of rotatable bonds is 8. The van der Waals surface area contributed by atoms with Gasteiger partial charge in [-0.2, -0.15) is 5.26 Å². The van der Waals surface area contributed by atoms with Gasteiger partial charge in [-0.3, -0.25) is 19.3 Å². The van der Waals surface area contributed by atoms with Crippen molar-refractivity contribution in [2.45, 2.75) is 6.61 Å².